The van der Waals surface area contributed by atoms with Crippen molar-refractivity contribution in [3.8, 4) is 0 Å². The van der Waals surface area contributed by atoms with Gasteiger partial charge in [-0.25, -0.2) is 0 Å². The van der Waals surface area contributed by atoms with Crippen LogP contribution in [0.5, 0.6) is 0 Å². The van der Waals surface area contributed by atoms with Crippen molar-refractivity contribution in [1.82, 2.24) is 19.6 Å². The molecule has 120 valence electrons. The third-order valence-corrected chi connectivity index (χ3v) is 4.67. The molecule has 1 aromatic rings. The molecular formula is C16H24N4O2. The smallest absolute Gasteiger partial charge is 0.233 e. The highest BCUT2D eigenvalue weighted by atomic mass is 16.2. The Balaban J connectivity index is 1.54. The average molecular weight is 304 g/mol. The number of hydrogen-bond donors (Lipinski definition) is 0. The molecule has 6 heteroatoms. The highest BCUT2D eigenvalue weighted by Crippen LogP contribution is 2.23. The number of nitrogens with zero attached hydrogens (tertiary/aromatic N) is 4. The van der Waals surface area contributed by atoms with Crippen molar-refractivity contribution in [3.63, 3.8) is 0 Å². The van der Waals surface area contributed by atoms with Gasteiger partial charge in [0.15, 0.2) is 0 Å². The standard InChI is InChI=1S/C16H24N4O2/c1-18-12-13(11-17-18)9-14-10-15(21)20(16(14)22)8-7-19-5-3-2-4-6-19/h11-12,14H,2-10H2,1H3/t14-/m1/s1. The number of aryl methyl sites for hydroxylation is 1. The van der Waals surface area contributed by atoms with Gasteiger partial charge in [0.1, 0.15) is 0 Å². The van der Waals surface area contributed by atoms with E-state index >= 15 is 0 Å². The zero-order valence-corrected chi connectivity index (χ0v) is 13.2. The Kier molecular flexibility index (Phi) is 4.57. The van der Waals surface area contributed by atoms with Crippen molar-refractivity contribution < 1.29 is 9.59 Å². The van der Waals surface area contributed by atoms with Crippen LogP contribution in [0.15, 0.2) is 12.4 Å². The average Bonchev–Trinajstić information content (AvgIpc) is 3.03. The monoisotopic (exact) mass is 304 g/mol. The topological polar surface area (TPSA) is 58.4 Å². The molecule has 0 aromatic carbocycles. The predicted molar refractivity (Wildman–Crippen MR) is 82.0 cm³/mol. The van der Waals surface area contributed by atoms with Gasteiger partial charge in [-0.05, 0) is 37.9 Å². The molecule has 6 nitrogen and oxygen atoms in total. The molecule has 0 saturated carbocycles. The Labute approximate surface area is 131 Å². The SMILES string of the molecule is Cn1cc(C[C@@H]2CC(=O)N(CCN3CCCCC3)C2=O)cn1. The van der Waals surface area contributed by atoms with E-state index in [1.807, 2.05) is 13.2 Å². The summed E-state index contributed by atoms with van der Waals surface area (Å²) in [7, 11) is 1.86. The van der Waals surface area contributed by atoms with Crippen molar-refractivity contribution in [3.05, 3.63) is 18.0 Å². The predicted octanol–water partition coefficient (Wildman–Crippen LogP) is 0.824. The molecule has 2 aliphatic heterocycles. The number of amides is 2. The van der Waals surface area contributed by atoms with Crippen LogP contribution in [0.25, 0.3) is 0 Å². The summed E-state index contributed by atoms with van der Waals surface area (Å²) in [4.78, 5) is 28.4. The number of piperidine rings is 1. The number of likely N-dealkylation sites (tertiary alicyclic amines) is 2. The summed E-state index contributed by atoms with van der Waals surface area (Å²) >= 11 is 0. The summed E-state index contributed by atoms with van der Waals surface area (Å²) in [6, 6.07) is 0. The van der Waals surface area contributed by atoms with E-state index in [4.69, 9.17) is 0 Å². The maximum absolute atomic E-state index is 12.5. The maximum Gasteiger partial charge on any atom is 0.233 e. The summed E-state index contributed by atoms with van der Waals surface area (Å²) in [6.45, 7) is 3.54. The minimum Gasteiger partial charge on any atom is -0.302 e. The minimum absolute atomic E-state index is 0.00846. The number of carbonyl (C=O) groups excluding carboxylic acids is 2. The van der Waals surface area contributed by atoms with Crippen LogP contribution in [0.3, 0.4) is 0 Å². The van der Waals surface area contributed by atoms with Crippen LogP contribution in [0.2, 0.25) is 0 Å². The fourth-order valence-electron chi connectivity index (χ4n) is 3.43. The van der Waals surface area contributed by atoms with Crippen molar-refractivity contribution in [1.29, 1.82) is 0 Å². The third kappa shape index (κ3) is 3.38. The molecule has 0 bridgehead atoms. The van der Waals surface area contributed by atoms with E-state index < -0.39 is 0 Å². The Hall–Kier alpha value is -1.69. The van der Waals surface area contributed by atoms with Crippen LogP contribution in [-0.2, 0) is 23.1 Å². The first-order valence-electron chi connectivity index (χ1n) is 8.17. The van der Waals surface area contributed by atoms with Gasteiger partial charge in [-0.2, -0.15) is 5.10 Å². The van der Waals surface area contributed by atoms with E-state index in [1.54, 1.807) is 10.9 Å². The molecule has 2 fully saturated rings. The van der Waals surface area contributed by atoms with Crippen molar-refractivity contribution >= 4 is 11.8 Å². The van der Waals surface area contributed by atoms with E-state index in [1.165, 1.54) is 24.2 Å². The van der Waals surface area contributed by atoms with Crippen molar-refractivity contribution in [2.45, 2.75) is 32.1 Å². The normalized spacial score (nSPS) is 23.5. The zero-order valence-electron chi connectivity index (χ0n) is 13.2. The second-order valence-electron chi connectivity index (χ2n) is 6.41. The van der Waals surface area contributed by atoms with Crippen LogP contribution in [0.4, 0.5) is 0 Å². The van der Waals surface area contributed by atoms with Gasteiger partial charge in [-0.3, -0.25) is 19.2 Å². The van der Waals surface area contributed by atoms with Crippen LogP contribution in [-0.4, -0.2) is 57.6 Å². The quantitative estimate of drug-likeness (QED) is 0.756. The molecule has 0 radical (unpaired) electrons. The van der Waals surface area contributed by atoms with Crippen molar-refractivity contribution in [2.24, 2.45) is 13.0 Å². The Bertz CT molecular complexity index is 548. The number of aromatic nitrogens is 2. The number of rotatable bonds is 5. The largest absolute Gasteiger partial charge is 0.302 e. The summed E-state index contributed by atoms with van der Waals surface area (Å²) in [6.07, 6.45) is 8.39. The molecule has 3 heterocycles. The molecule has 22 heavy (non-hydrogen) atoms. The molecule has 0 N–H and O–H groups in total. The summed E-state index contributed by atoms with van der Waals surface area (Å²) in [5, 5.41) is 4.12. The molecule has 2 amide bonds. The van der Waals surface area contributed by atoms with Gasteiger partial charge >= 0.3 is 0 Å². The molecule has 1 atom stereocenters. The van der Waals surface area contributed by atoms with Gasteiger partial charge < -0.3 is 4.90 Å². The summed E-state index contributed by atoms with van der Waals surface area (Å²) < 4.78 is 1.73. The Morgan fingerprint density at radius 1 is 1.18 bits per heavy atom. The van der Waals surface area contributed by atoms with Gasteiger partial charge in [0.25, 0.3) is 0 Å². The minimum atomic E-state index is -0.210. The van der Waals surface area contributed by atoms with Crippen LogP contribution < -0.4 is 0 Å². The molecule has 0 aliphatic carbocycles. The first-order chi connectivity index (χ1) is 10.6. The van der Waals surface area contributed by atoms with E-state index in [-0.39, 0.29) is 17.7 Å². The van der Waals surface area contributed by atoms with Crippen LogP contribution in [0.1, 0.15) is 31.2 Å². The number of imide groups is 1. The third-order valence-electron chi connectivity index (χ3n) is 4.67. The lowest BCUT2D eigenvalue weighted by atomic mass is 10.0. The van der Waals surface area contributed by atoms with Crippen LogP contribution >= 0.6 is 0 Å². The Morgan fingerprint density at radius 3 is 2.64 bits per heavy atom. The lowest BCUT2D eigenvalue weighted by Crippen LogP contribution is -2.40. The molecule has 3 rings (SSSR count). The van der Waals surface area contributed by atoms with Gasteiger partial charge in [0.2, 0.25) is 11.8 Å². The van der Waals surface area contributed by atoms with E-state index in [0.29, 0.717) is 19.4 Å². The lowest BCUT2D eigenvalue weighted by molar-refractivity contribution is -0.139. The summed E-state index contributed by atoms with van der Waals surface area (Å²) in [5.74, 6) is -0.236. The highest BCUT2D eigenvalue weighted by molar-refractivity contribution is 6.03. The van der Waals surface area contributed by atoms with Crippen molar-refractivity contribution in [2.75, 3.05) is 26.2 Å². The van der Waals surface area contributed by atoms with E-state index in [2.05, 4.69) is 10.00 Å². The number of carbonyl (C=O) groups is 2. The fourth-order valence-corrected chi connectivity index (χ4v) is 3.43. The molecule has 2 aliphatic rings. The maximum atomic E-state index is 12.5. The van der Waals surface area contributed by atoms with Gasteiger partial charge in [0, 0.05) is 32.8 Å². The lowest BCUT2D eigenvalue weighted by Gasteiger charge is -2.28. The molecule has 0 unspecified atom stereocenters. The van der Waals surface area contributed by atoms with Gasteiger partial charge in [-0.15, -0.1) is 0 Å². The molecule has 1 aromatic heterocycles. The number of hydrogen-bond acceptors (Lipinski definition) is 4. The summed E-state index contributed by atoms with van der Waals surface area (Å²) in [5.41, 5.74) is 1.02. The molecule has 0 spiro atoms. The second kappa shape index (κ2) is 6.60. The highest BCUT2D eigenvalue weighted by Gasteiger charge is 2.38. The first-order valence-corrected chi connectivity index (χ1v) is 8.17. The van der Waals surface area contributed by atoms with E-state index in [9.17, 15) is 9.59 Å². The Morgan fingerprint density at radius 2 is 1.95 bits per heavy atom. The van der Waals surface area contributed by atoms with Gasteiger partial charge in [-0.1, -0.05) is 6.42 Å². The molecular weight excluding hydrogens is 280 g/mol. The fraction of sp³-hybridized carbons (Fsp3) is 0.688. The first kappa shape index (κ1) is 15.2. The molecule has 2 saturated heterocycles. The second-order valence-corrected chi connectivity index (χ2v) is 6.41. The zero-order chi connectivity index (χ0) is 15.5. The van der Waals surface area contributed by atoms with Gasteiger partial charge in [0.05, 0.1) is 12.1 Å². The van der Waals surface area contributed by atoms with E-state index in [0.717, 1.165) is 25.2 Å². The van der Waals surface area contributed by atoms with Crippen LogP contribution in [0, 0.1) is 5.92 Å².